The van der Waals surface area contributed by atoms with Crippen LogP contribution in [0.5, 0.6) is 5.75 Å². The van der Waals surface area contributed by atoms with Crippen molar-refractivity contribution in [2.24, 2.45) is 5.14 Å². The molecule has 6 heteroatoms. The minimum Gasteiger partial charge on any atom is -0.482 e. The third-order valence-electron chi connectivity index (χ3n) is 5.51. The van der Waals surface area contributed by atoms with Crippen molar-refractivity contribution in [3.63, 3.8) is 0 Å². The minimum absolute atomic E-state index is 0.0201. The molecule has 0 bridgehead atoms. The summed E-state index contributed by atoms with van der Waals surface area (Å²) in [7, 11) is 0. The molecule has 1 aliphatic carbocycles. The van der Waals surface area contributed by atoms with Gasteiger partial charge in [0, 0.05) is 9.79 Å². The number of esters is 1. The number of thioether (sulfide) groups is 1. The van der Waals surface area contributed by atoms with Crippen molar-refractivity contribution in [2.75, 3.05) is 12.9 Å². The largest absolute Gasteiger partial charge is 0.482 e. The van der Waals surface area contributed by atoms with Crippen LogP contribution in [-0.4, -0.2) is 24.4 Å². The Kier molecular flexibility index (Phi) is 17.5. The summed E-state index contributed by atoms with van der Waals surface area (Å²) in [5.74, 6) is 0.518. The van der Waals surface area contributed by atoms with Gasteiger partial charge < -0.3 is 9.47 Å². The molecule has 0 heterocycles. The predicted octanol–water partition coefficient (Wildman–Crippen LogP) is 9.77. The molecule has 0 unspecified atom stereocenters. The average molecular weight is 584 g/mol. The molecule has 0 radical (unpaired) electrons. The summed E-state index contributed by atoms with van der Waals surface area (Å²) in [6.45, 7) is 13.8. The van der Waals surface area contributed by atoms with Gasteiger partial charge >= 0.3 is 5.97 Å². The van der Waals surface area contributed by atoms with Crippen molar-refractivity contribution in [1.29, 1.82) is 0 Å². The summed E-state index contributed by atoms with van der Waals surface area (Å²) in [6, 6.07) is 22.9. The number of carbonyl (C=O) groups excluding carboxylic acids is 1. The van der Waals surface area contributed by atoms with Crippen molar-refractivity contribution in [1.82, 2.24) is 0 Å². The maximum absolute atomic E-state index is 11.7. The van der Waals surface area contributed by atoms with Crippen LogP contribution >= 0.6 is 23.7 Å². The number of aryl methyl sites for hydroxylation is 1. The number of benzene rings is 3. The van der Waals surface area contributed by atoms with Gasteiger partial charge in [0.2, 0.25) is 0 Å². The molecule has 0 atom stereocenters. The second kappa shape index (κ2) is 19.6. The molecule has 0 aromatic heterocycles. The molecule has 1 aliphatic rings. The van der Waals surface area contributed by atoms with Gasteiger partial charge in [-0.2, -0.15) is 0 Å². The molecular formula is C34H49NO3S2. The Morgan fingerprint density at radius 1 is 0.875 bits per heavy atom. The highest BCUT2D eigenvalue weighted by Crippen LogP contribution is 2.29. The first kappa shape index (κ1) is 35.6. The van der Waals surface area contributed by atoms with Gasteiger partial charge in [0.15, 0.2) is 6.61 Å². The lowest BCUT2D eigenvalue weighted by Gasteiger charge is -2.21. The van der Waals surface area contributed by atoms with Crippen molar-refractivity contribution >= 4 is 29.7 Å². The average Bonchev–Trinajstić information content (AvgIpc) is 2.97. The van der Waals surface area contributed by atoms with Crippen LogP contribution in [0.15, 0.2) is 76.5 Å². The van der Waals surface area contributed by atoms with Gasteiger partial charge in [-0.3, -0.25) is 5.14 Å². The minimum atomic E-state index is -0.462. The van der Waals surface area contributed by atoms with E-state index < -0.39 is 5.60 Å². The number of nitrogens with two attached hydrogens (primary N) is 1. The van der Waals surface area contributed by atoms with Gasteiger partial charge in [-0.05, 0) is 117 Å². The molecule has 0 saturated heterocycles. The lowest BCUT2D eigenvalue weighted by Crippen LogP contribution is -2.27. The van der Waals surface area contributed by atoms with E-state index in [1.54, 1.807) is 11.8 Å². The zero-order valence-corrected chi connectivity index (χ0v) is 27.3. The highest BCUT2D eigenvalue weighted by atomic mass is 32.2. The van der Waals surface area contributed by atoms with Crippen LogP contribution in [0.25, 0.3) is 11.1 Å². The van der Waals surface area contributed by atoms with Gasteiger partial charge in [0.05, 0.1) is 0 Å². The molecule has 0 saturated carbocycles. The molecule has 0 fully saturated rings. The van der Waals surface area contributed by atoms with Crippen LogP contribution in [0.2, 0.25) is 0 Å². The van der Waals surface area contributed by atoms with Gasteiger partial charge in [-0.25, -0.2) is 4.79 Å². The lowest BCUT2D eigenvalue weighted by atomic mass is 9.91. The van der Waals surface area contributed by atoms with Gasteiger partial charge in [0.1, 0.15) is 11.4 Å². The molecule has 3 aromatic rings. The topological polar surface area (TPSA) is 61.5 Å². The quantitative estimate of drug-likeness (QED) is 0.177. The van der Waals surface area contributed by atoms with E-state index >= 15 is 0 Å². The van der Waals surface area contributed by atoms with Gasteiger partial charge in [-0.1, -0.05) is 70.5 Å². The van der Waals surface area contributed by atoms with E-state index in [-0.39, 0.29) is 12.6 Å². The van der Waals surface area contributed by atoms with Gasteiger partial charge in [-0.15, -0.1) is 11.8 Å². The zero-order valence-electron chi connectivity index (χ0n) is 25.7. The summed E-state index contributed by atoms with van der Waals surface area (Å²) in [5.41, 5.74) is 4.63. The van der Waals surface area contributed by atoms with Crippen molar-refractivity contribution in [3.8, 4) is 16.9 Å². The van der Waals surface area contributed by atoms with E-state index in [1.807, 2.05) is 58.9 Å². The fourth-order valence-electron chi connectivity index (χ4n) is 3.92. The Bertz CT molecular complexity index is 1120. The van der Waals surface area contributed by atoms with Gasteiger partial charge in [0.25, 0.3) is 0 Å². The second-order valence-electron chi connectivity index (χ2n) is 10.1. The SMILES string of the molecule is CC.CC(C)(C)OC(=O)COc1cccc2c1CCCC2.CCC.CSc1cccc(-c2ccc(SN)cc2)c1. The molecule has 4 rings (SSSR count). The van der Waals surface area contributed by atoms with E-state index in [9.17, 15) is 4.79 Å². The fourth-order valence-corrected chi connectivity index (χ4v) is 4.67. The Labute approximate surface area is 252 Å². The Morgan fingerprint density at radius 2 is 1.50 bits per heavy atom. The summed E-state index contributed by atoms with van der Waals surface area (Å²) in [6.07, 6.45) is 7.92. The van der Waals surface area contributed by atoms with Crippen molar-refractivity contribution in [3.05, 3.63) is 77.9 Å². The van der Waals surface area contributed by atoms with Crippen LogP contribution in [0.3, 0.4) is 0 Å². The Morgan fingerprint density at radius 3 is 2.10 bits per heavy atom. The van der Waals surface area contributed by atoms with Crippen molar-refractivity contribution in [2.45, 2.75) is 96.0 Å². The van der Waals surface area contributed by atoms with Crippen LogP contribution in [0, 0.1) is 0 Å². The number of fused-ring (bicyclic) bond motifs is 1. The van der Waals surface area contributed by atoms with E-state index in [2.05, 4.69) is 62.6 Å². The highest BCUT2D eigenvalue weighted by Gasteiger charge is 2.18. The smallest absolute Gasteiger partial charge is 0.344 e. The molecule has 0 spiro atoms. The molecular weight excluding hydrogens is 535 g/mol. The van der Waals surface area contributed by atoms with Crippen LogP contribution in [0.1, 0.15) is 78.9 Å². The summed E-state index contributed by atoms with van der Waals surface area (Å²) in [5, 5.41) is 5.50. The van der Waals surface area contributed by atoms with E-state index in [0.717, 1.165) is 23.5 Å². The highest BCUT2D eigenvalue weighted by molar-refractivity contribution is 7.98. The third-order valence-corrected chi connectivity index (χ3v) is 6.78. The van der Waals surface area contributed by atoms with Crippen LogP contribution in [0.4, 0.5) is 0 Å². The molecule has 0 aliphatic heterocycles. The first-order valence-corrected chi connectivity index (χ1v) is 16.4. The molecule has 2 N–H and O–H groups in total. The van der Waals surface area contributed by atoms with E-state index in [1.165, 1.54) is 58.4 Å². The molecule has 0 amide bonds. The number of hydrogen-bond acceptors (Lipinski definition) is 6. The normalized spacial score (nSPS) is 11.7. The van der Waals surface area contributed by atoms with Crippen molar-refractivity contribution < 1.29 is 14.3 Å². The summed E-state index contributed by atoms with van der Waals surface area (Å²) >= 11 is 3.04. The first-order chi connectivity index (χ1) is 19.2. The lowest BCUT2D eigenvalue weighted by molar-refractivity contribution is -0.157. The number of carbonyl (C=O) groups is 1. The predicted molar refractivity (Wildman–Crippen MR) is 175 cm³/mol. The third kappa shape index (κ3) is 13.3. The maximum Gasteiger partial charge on any atom is 0.344 e. The van der Waals surface area contributed by atoms with E-state index in [4.69, 9.17) is 14.6 Å². The molecule has 4 nitrogen and oxygen atoms in total. The second-order valence-corrected chi connectivity index (χ2v) is 11.6. The number of hydrogen-bond donors (Lipinski definition) is 1. The summed E-state index contributed by atoms with van der Waals surface area (Å²) in [4.78, 5) is 14.0. The number of rotatable bonds is 6. The Hall–Kier alpha value is -2.41. The molecule has 3 aromatic carbocycles. The molecule has 40 heavy (non-hydrogen) atoms. The standard InChI is InChI=1S/C16H22O3.C13H13NS2.C3H8.C2H6/c1-16(2,3)19-15(17)11-18-14-10-6-8-12-7-4-5-9-13(12)14;1-15-13-4-2-3-11(9-13)10-5-7-12(16-14)8-6-10;1-3-2;1-2/h6,8,10H,4-5,7,9,11H2,1-3H3;2-9H,14H2,1H3;3H2,1-2H3;1-2H3. The summed E-state index contributed by atoms with van der Waals surface area (Å²) < 4.78 is 10.9. The maximum atomic E-state index is 11.7. The first-order valence-electron chi connectivity index (χ1n) is 14.3. The van der Waals surface area contributed by atoms with Crippen LogP contribution in [-0.2, 0) is 22.4 Å². The fraction of sp³-hybridized carbons (Fsp3) is 0.441. The zero-order chi connectivity index (χ0) is 30.0. The monoisotopic (exact) mass is 583 g/mol. The van der Waals surface area contributed by atoms with E-state index in [0.29, 0.717) is 0 Å². The van der Waals surface area contributed by atoms with Crippen LogP contribution < -0.4 is 9.88 Å². The number of ether oxygens (including phenoxy) is 2. The molecule has 220 valence electrons. The Balaban J connectivity index is 0.000000348.